The summed E-state index contributed by atoms with van der Waals surface area (Å²) in [5.74, 6) is -0.0489. The van der Waals surface area contributed by atoms with Gasteiger partial charge in [0.2, 0.25) is 0 Å². The smallest absolute Gasteiger partial charge is 0.274 e. The van der Waals surface area contributed by atoms with E-state index in [0.29, 0.717) is 47.2 Å². The van der Waals surface area contributed by atoms with Gasteiger partial charge in [0.05, 0.1) is 40.5 Å². The standard InChI is InChI=1S/C29H30N6O2/c1-20-27(33-28(36)26-9-8-25(19-32-26)34-12-2-3-13-34)16-24(18-31-20)29(37)35-14-10-23(11-15-35)22-6-4-21(17-30)5-7-22/h4-9,16,18-19,23H,2-3,10-15H2,1H3,(H,33,36). The van der Waals surface area contributed by atoms with Crippen LogP contribution in [0, 0.1) is 18.3 Å². The van der Waals surface area contributed by atoms with Crippen molar-refractivity contribution in [2.24, 2.45) is 0 Å². The lowest BCUT2D eigenvalue weighted by molar-refractivity contribution is 0.0712. The average molecular weight is 495 g/mol. The van der Waals surface area contributed by atoms with Crippen LogP contribution in [0.2, 0.25) is 0 Å². The molecule has 2 aromatic heterocycles. The molecule has 4 heterocycles. The van der Waals surface area contributed by atoms with Crippen LogP contribution in [0.3, 0.4) is 0 Å². The van der Waals surface area contributed by atoms with Gasteiger partial charge in [-0.05, 0) is 74.4 Å². The lowest BCUT2D eigenvalue weighted by Gasteiger charge is -2.32. The minimum atomic E-state index is -0.328. The molecule has 2 amide bonds. The summed E-state index contributed by atoms with van der Waals surface area (Å²) in [6, 6.07) is 15.2. The summed E-state index contributed by atoms with van der Waals surface area (Å²) in [5.41, 5.74) is 4.81. The van der Waals surface area contributed by atoms with Crippen LogP contribution in [0.1, 0.15) is 69.3 Å². The van der Waals surface area contributed by atoms with E-state index in [-0.39, 0.29) is 11.8 Å². The van der Waals surface area contributed by atoms with Gasteiger partial charge in [0, 0.05) is 32.4 Å². The summed E-state index contributed by atoms with van der Waals surface area (Å²) < 4.78 is 0. The van der Waals surface area contributed by atoms with E-state index in [2.05, 4.69) is 26.3 Å². The molecule has 2 aliphatic rings. The first kappa shape index (κ1) is 24.4. The molecule has 0 spiro atoms. The molecule has 0 saturated carbocycles. The third-order valence-corrected chi connectivity index (χ3v) is 7.33. The highest BCUT2D eigenvalue weighted by molar-refractivity contribution is 6.04. The third kappa shape index (κ3) is 5.46. The molecule has 1 aromatic carbocycles. The summed E-state index contributed by atoms with van der Waals surface area (Å²) in [5, 5.41) is 11.9. The highest BCUT2D eigenvalue weighted by Gasteiger charge is 2.25. The molecule has 3 aromatic rings. The Labute approximate surface area is 217 Å². The highest BCUT2D eigenvalue weighted by atomic mass is 16.2. The van der Waals surface area contributed by atoms with Gasteiger partial charge in [-0.25, -0.2) is 4.98 Å². The first-order valence-corrected chi connectivity index (χ1v) is 12.8. The number of piperidine rings is 1. The number of carbonyl (C=O) groups excluding carboxylic acids is 2. The van der Waals surface area contributed by atoms with E-state index in [0.717, 1.165) is 31.6 Å². The maximum atomic E-state index is 13.2. The predicted molar refractivity (Wildman–Crippen MR) is 142 cm³/mol. The van der Waals surface area contributed by atoms with E-state index in [1.54, 1.807) is 31.5 Å². The molecule has 0 radical (unpaired) electrons. The molecule has 188 valence electrons. The first-order chi connectivity index (χ1) is 18.0. The summed E-state index contributed by atoms with van der Waals surface area (Å²) in [4.78, 5) is 38.9. The maximum Gasteiger partial charge on any atom is 0.274 e. The van der Waals surface area contributed by atoms with Crippen molar-refractivity contribution in [2.45, 2.75) is 38.5 Å². The van der Waals surface area contributed by atoms with E-state index in [1.807, 2.05) is 35.2 Å². The van der Waals surface area contributed by atoms with E-state index < -0.39 is 0 Å². The largest absolute Gasteiger partial charge is 0.370 e. The molecule has 2 aliphatic heterocycles. The second-order valence-electron chi connectivity index (χ2n) is 9.71. The van der Waals surface area contributed by atoms with Crippen molar-refractivity contribution in [1.82, 2.24) is 14.9 Å². The fraction of sp³-hybridized carbons (Fsp3) is 0.345. The molecule has 8 heteroatoms. The van der Waals surface area contributed by atoms with Gasteiger partial charge in [0.25, 0.3) is 11.8 Å². The molecular weight excluding hydrogens is 464 g/mol. The monoisotopic (exact) mass is 494 g/mol. The molecule has 0 aliphatic carbocycles. The van der Waals surface area contributed by atoms with Crippen LogP contribution in [-0.4, -0.2) is 52.9 Å². The number of likely N-dealkylation sites (tertiary alicyclic amines) is 1. The fourth-order valence-corrected chi connectivity index (χ4v) is 5.07. The number of carbonyl (C=O) groups is 2. The van der Waals surface area contributed by atoms with Crippen LogP contribution < -0.4 is 10.2 Å². The molecule has 37 heavy (non-hydrogen) atoms. The number of anilines is 2. The molecule has 2 saturated heterocycles. The first-order valence-electron chi connectivity index (χ1n) is 12.8. The lowest BCUT2D eigenvalue weighted by Crippen LogP contribution is -2.38. The van der Waals surface area contributed by atoms with Crippen LogP contribution >= 0.6 is 0 Å². The van der Waals surface area contributed by atoms with Crippen molar-refractivity contribution in [3.63, 3.8) is 0 Å². The van der Waals surface area contributed by atoms with Crippen molar-refractivity contribution < 1.29 is 9.59 Å². The quantitative estimate of drug-likeness (QED) is 0.559. The second kappa shape index (κ2) is 10.8. The summed E-state index contributed by atoms with van der Waals surface area (Å²) in [6.07, 6.45) is 7.40. The van der Waals surface area contributed by atoms with Gasteiger partial charge in [-0.3, -0.25) is 14.6 Å². The summed E-state index contributed by atoms with van der Waals surface area (Å²) in [6.45, 7) is 5.13. The van der Waals surface area contributed by atoms with Gasteiger partial charge in [-0.2, -0.15) is 5.26 Å². The normalized spacial score (nSPS) is 15.9. The van der Waals surface area contributed by atoms with Crippen LogP contribution in [0.4, 0.5) is 11.4 Å². The van der Waals surface area contributed by atoms with Gasteiger partial charge in [-0.15, -0.1) is 0 Å². The number of nitrogens with one attached hydrogen (secondary N) is 1. The van der Waals surface area contributed by atoms with E-state index in [4.69, 9.17) is 5.26 Å². The Balaban J connectivity index is 1.21. The zero-order valence-electron chi connectivity index (χ0n) is 21.0. The van der Waals surface area contributed by atoms with Crippen molar-refractivity contribution in [1.29, 1.82) is 5.26 Å². The Morgan fingerprint density at radius 2 is 1.70 bits per heavy atom. The number of amides is 2. The molecule has 8 nitrogen and oxygen atoms in total. The van der Waals surface area contributed by atoms with Crippen LogP contribution in [0.15, 0.2) is 54.9 Å². The minimum Gasteiger partial charge on any atom is -0.370 e. The van der Waals surface area contributed by atoms with Gasteiger partial charge in [-0.1, -0.05) is 12.1 Å². The van der Waals surface area contributed by atoms with E-state index in [9.17, 15) is 9.59 Å². The average Bonchev–Trinajstić information content (AvgIpc) is 3.49. The van der Waals surface area contributed by atoms with Gasteiger partial charge in [0.15, 0.2) is 0 Å². The number of pyridine rings is 2. The number of hydrogen-bond donors (Lipinski definition) is 1. The molecule has 0 unspecified atom stereocenters. The number of hydrogen-bond acceptors (Lipinski definition) is 6. The summed E-state index contributed by atoms with van der Waals surface area (Å²) in [7, 11) is 0. The lowest BCUT2D eigenvalue weighted by atomic mass is 9.89. The van der Waals surface area contributed by atoms with Gasteiger partial charge < -0.3 is 15.1 Å². The third-order valence-electron chi connectivity index (χ3n) is 7.33. The predicted octanol–water partition coefficient (Wildman–Crippen LogP) is 4.53. The Kier molecular flexibility index (Phi) is 7.13. The molecule has 0 atom stereocenters. The molecule has 2 fully saturated rings. The number of aryl methyl sites for hydroxylation is 1. The molecule has 0 bridgehead atoms. The summed E-state index contributed by atoms with van der Waals surface area (Å²) >= 11 is 0. The van der Waals surface area contributed by atoms with Gasteiger partial charge >= 0.3 is 0 Å². The number of rotatable bonds is 5. The van der Waals surface area contributed by atoms with Crippen molar-refractivity contribution in [3.05, 3.63) is 82.9 Å². The van der Waals surface area contributed by atoms with Crippen molar-refractivity contribution in [3.8, 4) is 6.07 Å². The number of nitriles is 1. The van der Waals surface area contributed by atoms with E-state index in [1.165, 1.54) is 18.4 Å². The van der Waals surface area contributed by atoms with Crippen molar-refractivity contribution in [2.75, 3.05) is 36.4 Å². The van der Waals surface area contributed by atoms with E-state index >= 15 is 0 Å². The maximum absolute atomic E-state index is 13.2. The molecule has 5 rings (SSSR count). The Morgan fingerprint density at radius 1 is 0.973 bits per heavy atom. The molecule has 1 N–H and O–H groups in total. The van der Waals surface area contributed by atoms with Crippen molar-refractivity contribution >= 4 is 23.2 Å². The van der Waals surface area contributed by atoms with Crippen LogP contribution in [0.25, 0.3) is 0 Å². The number of nitrogens with zero attached hydrogens (tertiary/aromatic N) is 5. The number of aromatic nitrogens is 2. The second-order valence-corrected chi connectivity index (χ2v) is 9.71. The Bertz CT molecular complexity index is 1320. The van der Waals surface area contributed by atoms with Crippen LogP contribution in [-0.2, 0) is 0 Å². The van der Waals surface area contributed by atoms with Crippen LogP contribution in [0.5, 0.6) is 0 Å². The SMILES string of the molecule is Cc1ncc(C(=O)N2CCC(c3ccc(C#N)cc3)CC2)cc1NC(=O)c1ccc(N2CCCC2)cn1. The topological polar surface area (TPSA) is 102 Å². The zero-order valence-corrected chi connectivity index (χ0v) is 21.0. The van der Waals surface area contributed by atoms with Gasteiger partial charge in [0.1, 0.15) is 5.69 Å². The zero-order chi connectivity index (χ0) is 25.8. The Morgan fingerprint density at radius 3 is 2.35 bits per heavy atom. The highest BCUT2D eigenvalue weighted by Crippen LogP contribution is 2.29. The molecular formula is C29H30N6O2. The Hall–Kier alpha value is -4.25. The minimum absolute atomic E-state index is 0.0885. The number of benzene rings is 1. The fourth-order valence-electron chi connectivity index (χ4n) is 5.07.